The number of benzene rings is 3. The Labute approximate surface area is 219 Å². The van der Waals surface area contributed by atoms with Crippen LogP contribution in [0, 0.1) is 0 Å². The normalized spacial score (nSPS) is 10.9. The largest absolute Gasteiger partial charge is 0.323 e. The van der Waals surface area contributed by atoms with E-state index in [4.69, 9.17) is 4.98 Å². The molecule has 0 aliphatic carbocycles. The zero-order valence-corrected chi connectivity index (χ0v) is 20.5. The molecule has 0 aliphatic rings. The van der Waals surface area contributed by atoms with Gasteiger partial charge >= 0.3 is 0 Å². The minimum Gasteiger partial charge on any atom is -0.323 e. The third-order valence-corrected chi connectivity index (χ3v) is 6.30. The maximum Gasteiger partial charge on any atom is 0.247 e. The van der Waals surface area contributed by atoms with Crippen LogP contribution in [0.4, 0.5) is 5.69 Å². The third-order valence-electron chi connectivity index (χ3n) is 6.30. The molecule has 0 saturated carbocycles. The maximum absolute atomic E-state index is 11.6. The Hall–Kier alpha value is -5.30. The number of anilines is 1. The quantitative estimate of drug-likeness (QED) is 0.271. The molecule has 0 fully saturated rings. The van der Waals surface area contributed by atoms with E-state index in [0.717, 1.165) is 45.0 Å². The van der Waals surface area contributed by atoms with Gasteiger partial charge in [-0.3, -0.25) is 9.20 Å². The fraction of sp³-hybridized carbons (Fsp3) is 0.0323. The first kappa shape index (κ1) is 23.1. The minimum atomic E-state index is -0.256. The maximum atomic E-state index is 11.6. The molecular formula is C31H24N6O. The molecule has 6 rings (SSSR count). The molecule has 3 aromatic heterocycles. The van der Waals surface area contributed by atoms with Crippen molar-refractivity contribution in [1.82, 2.24) is 24.4 Å². The summed E-state index contributed by atoms with van der Waals surface area (Å²) in [7, 11) is 0. The summed E-state index contributed by atoms with van der Waals surface area (Å²) in [5, 5.41) is 11.4. The zero-order valence-electron chi connectivity index (χ0n) is 20.5. The molecule has 184 valence electrons. The molecule has 7 nitrogen and oxygen atoms in total. The molecule has 0 saturated heterocycles. The van der Waals surface area contributed by atoms with Crippen molar-refractivity contribution in [2.75, 3.05) is 5.32 Å². The van der Waals surface area contributed by atoms with Crippen molar-refractivity contribution in [3.63, 3.8) is 0 Å². The lowest BCUT2D eigenvalue weighted by Crippen LogP contribution is -2.06. The topological polar surface area (TPSA) is 77.1 Å². The molecule has 6 aromatic rings. The molecule has 1 amide bonds. The van der Waals surface area contributed by atoms with Crippen LogP contribution in [0.25, 0.3) is 39.4 Å². The summed E-state index contributed by atoms with van der Waals surface area (Å²) in [5.74, 6) is -0.256. The van der Waals surface area contributed by atoms with Gasteiger partial charge in [-0.2, -0.15) is 0 Å². The fourth-order valence-corrected chi connectivity index (χ4v) is 4.48. The van der Waals surface area contributed by atoms with Crippen LogP contribution in [0.5, 0.6) is 0 Å². The molecule has 7 heteroatoms. The summed E-state index contributed by atoms with van der Waals surface area (Å²) >= 11 is 0. The van der Waals surface area contributed by atoms with Gasteiger partial charge in [0, 0.05) is 28.6 Å². The number of hydrogen-bond acceptors (Lipinski definition) is 4. The number of fused-ring (bicyclic) bond motifs is 1. The highest BCUT2D eigenvalue weighted by Crippen LogP contribution is 2.33. The SMILES string of the molecule is C=CC(=O)Nc1cccc(-c2cn(Cc3ccc(-c4nc5ccccn5c4-c4ccccc4)cc3)nn2)c1. The van der Waals surface area contributed by atoms with Gasteiger partial charge in [0.05, 0.1) is 24.1 Å². The predicted molar refractivity (Wildman–Crippen MR) is 149 cm³/mol. The van der Waals surface area contributed by atoms with Gasteiger partial charge in [-0.25, -0.2) is 9.67 Å². The molecule has 0 spiro atoms. The lowest BCUT2D eigenvalue weighted by Gasteiger charge is -2.07. The first-order chi connectivity index (χ1) is 18.7. The standard InChI is InChI=1S/C31H24N6O/c1-2-29(38)32-26-12-8-11-25(19-26)27-21-36(35-34-27)20-22-14-16-23(17-15-22)30-31(24-9-4-3-5-10-24)37-18-7-6-13-28(37)33-30/h2-19,21H,1,20H2,(H,32,38). The van der Waals surface area contributed by atoms with Crippen molar-refractivity contribution in [2.45, 2.75) is 6.54 Å². The Balaban J connectivity index is 1.25. The van der Waals surface area contributed by atoms with Crippen LogP contribution in [-0.4, -0.2) is 30.3 Å². The number of amides is 1. The van der Waals surface area contributed by atoms with Gasteiger partial charge in [-0.1, -0.05) is 84.6 Å². The van der Waals surface area contributed by atoms with Gasteiger partial charge in [0.2, 0.25) is 5.91 Å². The number of hydrogen-bond donors (Lipinski definition) is 1. The summed E-state index contributed by atoms with van der Waals surface area (Å²) in [6.07, 6.45) is 5.19. The number of nitrogens with zero attached hydrogens (tertiary/aromatic N) is 5. The molecule has 38 heavy (non-hydrogen) atoms. The van der Waals surface area contributed by atoms with Crippen molar-refractivity contribution in [2.24, 2.45) is 0 Å². The van der Waals surface area contributed by atoms with Crippen molar-refractivity contribution in [1.29, 1.82) is 0 Å². The summed E-state index contributed by atoms with van der Waals surface area (Å²) in [5.41, 5.74) is 8.47. The highest BCUT2D eigenvalue weighted by Gasteiger charge is 2.15. The number of carbonyl (C=O) groups excluding carboxylic acids is 1. The van der Waals surface area contributed by atoms with Gasteiger partial charge in [-0.05, 0) is 35.9 Å². The van der Waals surface area contributed by atoms with Crippen molar-refractivity contribution >= 4 is 17.2 Å². The summed E-state index contributed by atoms with van der Waals surface area (Å²) in [6, 6.07) is 32.3. The summed E-state index contributed by atoms with van der Waals surface area (Å²) in [6.45, 7) is 4.07. The monoisotopic (exact) mass is 496 g/mol. The van der Waals surface area contributed by atoms with E-state index >= 15 is 0 Å². The van der Waals surface area contributed by atoms with Gasteiger partial charge < -0.3 is 5.32 Å². The molecule has 0 aliphatic heterocycles. The third kappa shape index (κ3) is 4.60. The summed E-state index contributed by atoms with van der Waals surface area (Å²) < 4.78 is 3.94. The lowest BCUT2D eigenvalue weighted by molar-refractivity contribution is -0.111. The van der Waals surface area contributed by atoms with Crippen LogP contribution < -0.4 is 5.32 Å². The molecule has 3 aromatic carbocycles. The first-order valence-corrected chi connectivity index (χ1v) is 12.2. The Morgan fingerprint density at radius 3 is 2.47 bits per heavy atom. The molecular weight excluding hydrogens is 472 g/mol. The van der Waals surface area contributed by atoms with Crippen LogP contribution in [-0.2, 0) is 11.3 Å². The van der Waals surface area contributed by atoms with Crippen LogP contribution in [0.15, 0.2) is 122 Å². The lowest BCUT2D eigenvalue weighted by atomic mass is 10.0. The number of aromatic nitrogens is 5. The number of rotatable bonds is 7. The first-order valence-electron chi connectivity index (χ1n) is 12.2. The van der Waals surface area contributed by atoms with E-state index in [9.17, 15) is 4.79 Å². The second-order valence-electron chi connectivity index (χ2n) is 8.88. The number of carbonyl (C=O) groups is 1. The van der Waals surface area contributed by atoms with Crippen LogP contribution >= 0.6 is 0 Å². The number of imidazole rings is 1. The minimum absolute atomic E-state index is 0.256. The molecule has 0 atom stereocenters. The van der Waals surface area contributed by atoms with Gasteiger partial charge in [0.1, 0.15) is 11.3 Å². The average Bonchev–Trinajstić information content (AvgIpc) is 3.59. The predicted octanol–water partition coefficient (Wildman–Crippen LogP) is 6.10. The van der Waals surface area contributed by atoms with E-state index in [-0.39, 0.29) is 5.91 Å². The number of pyridine rings is 1. The fourth-order valence-electron chi connectivity index (χ4n) is 4.48. The van der Waals surface area contributed by atoms with E-state index in [0.29, 0.717) is 12.2 Å². The smallest absolute Gasteiger partial charge is 0.247 e. The van der Waals surface area contributed by atoms with Crippen molar-refractivity contribution < 1.29 is 4.79 Å². The van der Waals surface area contributed by atoms with Gasteiger partial charge in [0.25, 0.3) is 0 Å². The molecule has 0 bridgehead atoms. The Morgan fingerprint density at radius 2 is 1.66 bits per heavy atom. The molecule has 0 radical (unpaired) electrons. The second-order valence-corrected chi connectivity index (χ2v) is 8.88. The zero-order chi connectivity index (χ0) is 25.9. The average molecular weight is 497 g/mol. The Bertz CT molecular complexity index is 1750. The summed E-state index contributed by atoms with van der Waals surface area (Å²) in [4.78, 5) is 16.6. The van der Waals surface area contributed by atoms with Crippen LogP contribution in [0.1, 0.15) is 5.56 Å². The highest BCUT2D eigenvalue weighted by atomic mass is 16.1. The van der Waals surface area contributed by atoms with E-state index in [1.807, 2.05) is 73.1 Å². The van der Waals surface area contributed by atoms with Gasteiger partial charge in [-0.15, -0.1) is 5.10 Å². The van der Waals surface area contributed by atoms with Gasteiger partial charge in [0.15, 0.2) is 0 Å². The highest BCUT2D eigenvalue weighted by molar-refractivity contribution is 5.99. The van der Waals surface area contributed by atoms with Crippen molar-refractivity contribution in [3.05, 3.63) is 128 Å². The van der Waals surface area contributed by atoms with E-state index < -0.39 is 0 Å². The van der Waals surface area contributed by atoms with Crippen molar-refractivity contribution in [3.8, 4) is 33.8 Å². The van der Waals surface area contributed by atoms with Crippen LogP contribution in [0.2, 0.25) is 0 Å². The number of nitrogens with one attached hydrogen (secondary N) is 1. The van der Waals surface area contributed by atoms with Crippen LogP contribution in [0.3, 0.4) is 0 Å². The van der Waals surface area contributed by atoms with E-state index in [1.165, 1.54) is 6.08 Å². The van der Waals surface area contributed by atoms with E-state index in [2.05, 4.69) is 63.0 Å². The molecule has 1 N–H and O–H groups in total. The molecule has 3 heterocycles. The Morgan fingerprint density at radius 1 is 0.868 bits per heavy atom. The second kappa shape index (κ2) is 9.99. The Kier molecular flexibility index (Phi) is 6.08. The van der Waals surface area contributed by atoms with E-state index in [1.54, 1.807) is 4.68 Å². The molecule has 0 unspecified atom stereocenters.